The van der Waals surface area contributed by atoms with Gasteiger partial charge in [0.15, 0.2) is 0 Å². The zero-order valence-electron chi connectivity index (χ0n) is 12.7. The van der Waals surface area contributed by atoms with Gasteiger partial charge in [0.2, 0.25) is 0 Å². The largest absolute Gasteiger partial charge is 0.393 e. The van der Waals surface area contributed by atoms with E-state index in [1.54, 1.807) is 0 Å². The number of fused-ring (bicyclic) bond motifs is 1. The highest BCUT2D eigenvalue weighted by molar-refractivity contribution is 6.04. The van der Waals surface area contributed by atoms with Crippen LogP contribution in [0.5, 0.6) is 0 Å². The molecule has 3 heteroatoms. The number of benzene rings is 1. The van der Waals surface area contributed by atoms with E-state index in [9.17, 15) is 5.11 Å². The molecule has 2 atom stereocenters. The molecule has 0 amide bonds. The summed E-state index contributed by atoms with van der Waals surface area (Å²) in [5.74, 6) is 0.409. The summed E-state index contributed by atoms with van der Waals surface area (Å²) in [6, 6.07) is 8.77. The molecule has 1 fully saturated rings. The average Bonchev–Trinajstić information content (AvgIpc) is 2.51. The van der Waals surface area contributed by atoms with E-state index >= 15 is 0 Å². The lowest BCUT2D eigenvalue weighted by Gasteiger charge is -2.29. The molecule has 0 aromatic heterocycles. The van der Waals surface area contributed by atoms with E-state index in [1.165, 1.54) is 16.7 Å². The number of aliphatic hydroxyl groups is 1. The number of hydrazone groups is 1. The third kappa shape index (κ3) is 3.18. The second kappa shape index (κ2) is 6.44. The Bertz CT molecular complexity index is 545. The van der Waals surface area contributed by atoms with Gasteiger partial charge in [-0.3, -0.25) is 5.43 Å². The maximum atomic E-state index is 9.87. The Labute approximate surface area is 126 Å². The summed E-state index contributed by atoms with van der Waals surface area (Å²) in [6.07, 6.45) is 7.85. The van der Waals surface area contributed by atoms with Crippen LogP contribution in [0.15, 0.2) is 41.1 Å². The van der Waals surface area contributed by atoms with Gasteiger partial charge in [0, 0.05) is 12.1 Å². The van der Waals surface area contributed by atoms with Crippen molar-refractivity contribution in [3.8, 4) is 0 Å². The van der Waals surface area contributed by atoms with Crippen LogP contribution in [0.4, 0.5) is 0 Å². The van der Waals surface area contributed by atoms with Gasteiger partial charge in [-0.25, -0.2) is 0 Å². The molecular weight excluding hydrogens is 260 g/mol. The molecule has 1 saturated carbocycles. The van der Waals surface area contributed by atoms with E-state index in [0.717, 1.165) is 44.2 Å². The minimum atomic E-state index is -0.141. The van der Waals surface area contributed by atoms with Gasteiger partial charge in [0.1, 0.15) is 0 Å². The smallest absolute Gasteiger partial charge is 0.0751 e. The number of rotatable bonds is 2. The Hall–Kier alpha value is -1.61. The first-order valence-corrected chi connectivity index (χ1v) is 8.07. The van der Waals surface area contributed by atoms with Crippen LogP contribution < -0.4 is 5.43 Å². The number of aliphatic hydroxyl groups excluding tert-OH is 1. The van der Waals surface area contributed by atoms with E-state index in [2.05, 4.69) is 41.7 Å². The first-order chi connectivity index (χ1) is 10.3. The van der Waals surface area contributed by atoms with Crippen LogP contribution in [0.1, 0.15) is 50.2 Å². The Morgan fingerprint density at radius 2 is 2.00 bits per heavy atom. The Balaban J connectivity index is 1.83. The van der Waals surface area contributed by atoms with Gasteiger partial charge < -0.3 is 5.11 Å². The quantitative estimate of drug-likeness (QED) is 0.874. The average molecular weight is 284 g/mol. The maximum Gasteiger partial charge on any atom is 0.0751 e. The van der Waals surface area contributed by atoms with E-state index < -0.39 is 0 Å². The van der Waals surface area contributed by atoms with Gasteiger partial charge >= 0.3 is 0 Å². The number of nitrogens with one attached hydrogen (secondary N) is 1. The molecule has 1 aromatic rings. The summed E-state index contributed by atoms with van der Waals surface area (Å²) in [4.78, 5) is 0. The highest BCUT2D eigenvalue weighted by atomic mass is 16.3. The lowest BCUT2D eigenvalue weighted by Crippen LogP contribution is -2.28. The molecule has 1 aliphatic heterocycles. The topological polar surface area (TPSA) is 44.6 Å². The molecule has 3 nitrogen and oxygen atoms in total. The summed E-state index contributed by atoms with van der Waals surface area (Å²) < 4.78 is 0. The van der Waals surface area contributed by atoms with Crippen molar-refractivity contribution in [1.29, 1.82) is 0 Å². The van der Waals surface area contributed by atoms with Crippen molar-refractivity contribution in [3.63, 3.8) is 0 Å². The number of allylic oxidation sites excluding steroid dienone is 1. The Morgan fingerprint density at radius 3 is 2.76 bits per heavy atom. The van der Waals surface area contributed by atoms with Crippen molar-refractivity contribution < 1.29 is 5.11 Å². The molecule has 112 valence electrons. The van der Waals surface area contributed by atoms with E-state index in [-0.39, 0.29) is 6.10 Å². The standard InChI is InChI=1S/C18H24N2O/c1-2-13-6-8-14(9-7-13)18-17-5-3-4-16(21)11-10-15(17)12-19-20-18/h6-9,12,16-17,19,21H,2-5,10-11H2,1H3. The zero-order chi connectivity index (χ0) is 14.7. The van der Waals surface area contributed by atoms with Gasteiger partial charge in [-0.1, -0.05) is 31.2 Å². The van der Waals surface area contributed by atoms with E-state index in [4.69, 9.17) is 0 Å². The highest BCUT2D eigenvalue weighted by Crippen LogP contribution is 2.32. The first kappa shape index (κ1) is 14.3. The fraction of sp³-hybridized carbons (Fsp3) is 0.500. The molecule has 0 saturated heterocycles. The van der Waals surface area contributed by atoms with Gasteiger partial charge in [0.25, 0.3) is 0 Å². The molecule has 0 radical (unpaired) electrons. The van der Waals surface area contributed by atoms with Crippen molar-refractivity contribution in [3.05, 3.63) is 47.2 Å². The Morgan fingerprint density at radius 1 is 1.19 bits per heavy atom. The third-order valence-electron chi connectivity index (χ3n) is 4.67. The minimum absolute atomic E-state index is 0.141. The number of hydrogen-bond donors (Lipinski definition) is 2. The van der Waals surface area contributed by atoms with Crippen LogP contribution in [-0.4, -0.2) is 16.9 Å². The van der Waals surface area contributed by atoms with Crippen LogP contribution in [0, 0.1) is 5.92 Å². The van der Waals surface area contributed by atoms with E-state index in [1.807, 2.05) is 6.20 Å². The first-order valence-electron chi connectivity index (χ1n) is 8.07. The van der Waals surface area contributed by atoms with Crippen LogP contribution in [0.3, 0.4) is 0 Å². The Kier molecular flexibility index (Phi) is 4.39. The van der Waals surface area contributed by atoms with Crippen molar-refractivity contribution >= 4 is 5.71 Å². The van der Waals surface area contributed by atoms with Crippen molar-refractivity contribution in [2.45, 2.75) is 51.6 Å². The summed E-state index contributed by atoms with van der Waals surface area (Å²) in [5.41, 5.74) is 8.19. The van der Waals surface area contributed by atoms with Gasteiger partial charge in [0.05, 0.1) is 11.8 Å². The molecular formula is C18H24N2O. The summed E-state index contributed by atoms with van der Waals surface area (Å²) >= 11 is 0. The van der Waals surface area contributed by atoms with Gasteiger partial charge in [-0.05, 0) is 55.2 Å². The highest BCUT2D eigenvalue weighted by Gasteiger charge is 2.27. The normalized spacial score (nSPS) is 25.8. The number of aryl methyl sites for hydroxylation is 1. The predicted octanol–water partition coefficient (Wildman–Crippen LogP) is 3.38. The molecule has 2 unspecified atom stereocenters. The minimum Gasteiger partial charge on any atom is -0.393 e. The zero-order valence-corrected chi connectivity index (χ0v) is 12.7. The number of nitrogens with zero attached hydrogens (tertiary/aromatic N) is 1. The summed E-state index contributed by atoms with van der Waals surface area (Å²) in [5, 5.41) is 14.4. The van der Waals surface area contributed by atoms with Crippen LogP contribution >= 0.6 is 0 Å². The molecule has 1 aromatic carbocycles. The maximum absolute atomic E-state index is 9.87. The van der Waals surface area contributed by atoms with Gasteiger partial charge in [-0.2, -0.15) is 5.10 Å². The second-order valence-corrected chi connectivity index (χ2v) is 6.07. The number of hydrogen-bond acceptors (Lipinski definition) is 3. The van der Waals surface area contributed by atoms with Gasteiger partial charge in [-0.15, -0.1) is 0 Å². The summed E-state index contributed by atoms with van der Waals surface area (Å²) in [7, 11) is 0. The van der Waals surface area contributed by atoms with Crippen molar-refractivity contribution in [2.75, 3.05) is 0 Å². The molecule has 2 N–H and O–H groups in total. The van der Waals surface area contributed by atoms with Crippen LogP contribution in [-0.2, 0) is 6.42 Å². The molecule has 21 heavy (non-hydrogen) atoms. The lowest BCUT2D eigenvalue weighted by molar-refractivity contribution is 0.145. The third-order valence-corrected chi connectivity index (χ3v) is 4.67. The fourth-order valence-electron chi connectivity index (χ4n) is 3.32. The fourth-order valence-corrected chi connectivity index (χ4v) is 3.32. The second-order valence-electron chi connectivity index (χ2n) is 6.07. The lowest BCUT2D eigenvalue weighted by atomic mass is 9.80. The predicted molar refractivity (Wildman–Crippen MR) is 86.2 cm³/mol. The SMILES string of the molecule is CCc1ccc(C2=NNC=C3CCC(O)CCCC32)cc1. The molecule has 0 bridgehead atoms. The molecule has 1 heterocycles. The molecule has 3 rings (SSSR count). The molecule has 2 aliphatic rings. The van der Waals surface area contributed by atoms with Crippen molar-refractivity contribution in [2.24, 2.45) is 11.0 Å². The van der Waals surface area contributed by atoms with Crippen LogP contribution in [0.25, 0.3) is 0 Å². The monoisotopic (exact) mass is 284 g/mol. The molecule has 0 spiro atoms. The summed E-state index contributed by atoms with van der Waals surface area (Å²) in [6.45, 7) is 2.18. The van der Waals surface area contributed by atoms with Crippen molar-refractivity contribution in [1.82, 2.24) is 5.43 Å². The van der Waals surface area contributed by atoms with Crippen LogP contribution in [0.2, 0.25) is 0 Å². The van der Waals surface area contributed by atoms with E-state index in [0.29, 0.717) is 5.92 Å². The molecule has 1 aliphatic carbocycles.